The Morgan fingerprint density at radius 1 is 1.06 bits per heavy atom. The van der Waals surface area contributed by atoms with E-state index in [4.69, 9.17) is 13.9 Å². The Labute approximate surface area is 180 Å². The van der Waals surface area contributed by atoms with Gasteiger partial charge in [-0.1, -0.05) is 0 Å². The zero-order chi connectivity index (χ0) is 22.7. The summed E-state index contributed by atoms with van der Waals surface area (Å²) in [5.41, 5.74) is 2.58. The van der Waals surface area contributed by atoms with Gasteiger partial charge in [-0.05, 0) is 43.7 Å². The van der Waals surface area contributed by atoms with E-state index < -0.39 is 0 Å². The Morgan fingerprint density at radius 3 is 2.38 bits per heavy atom. The quantitative estimate of drug-likeness (QED) is 0.394. The van der Waals surface area contributed by atoms with Crippen LogP contribution in [-0.2, 0) is 0 Å². The smallest absolute Gasteiger partial charge is 0.274 e. The summed E-state index contributed by atoms with van der Waals surface area (Å²) in [5, 5.41) is 14.3. The zero-order valence-corrected chi connectivity index (χ0v) is 17.9. The van der Waals surface area contributed by atoms with Gasteiger partial charge >= 0.3 is 0 Å². The lowest BCUT2D eigenvalue weighted by Crippen LogP contribution is -2.07. The number of hydrogen-bond donors (Lipinski definition) is 3. The molecule has 164 valence electrons. The molecule has 0 saturated heterocycles. The van der Waals surface area contributed by atoms with Crippen molar-refractivity contribution >= 4 is 33.1 Å². The average Bonchev–Trinajstić information content (AvgIpc) is 3.29. The van der Waals surface area contributed by atoms with Gasteiger partial charge < -0.3 is 24.0 Å². The summed E-state index contributed by atoms with van der Waals surface area (Å²) >= 11 is 0. The molecule has 0 bridgehead atoms. The molecule has 5 rings (SSSR count). The molecule has 0 amide bonds. The monoisotopic (exact) mass is 435 g/mol. The van der Waals surface area contributed by atoms with Crippen LogP contribution in [0.5, 0.6) is 17.2 Å². The number of aromatic hydroxyl groups is 1. The topological polar surface area (TPSA) is 122 Å². The van der Waals surface area contributed by atoms with Crippen LogP contribution in [0.25, 0.3) is 44.2 Å². The first kappa shape index (κ1) is 19.8. The number of furan rings is 1. The molecule has 2 aromatic carbocycles. The Kier molecular flexibility index (Phi) is 4.30. The largest absolute Gasteiger partial charge is 0.502 e. The third kappa shape index (κ3) is 2.71. The van der Waals surface area contributed by atoms with Crippen LogP contribution < -0.4 is 20.5 Å². The number of phenols is 1. The molecule has 0 unspecified atom stereocenters. The number of nitrogens with zero attached hydrogens (tertiary/aromatic N) is 1. The van der Waals surface area contributed by atoms with Gasteiger partial charge in [-0.3, -0.25) is 19.4 Å². The van der Waals surface area contributed by atoms with E-state index in [1.54, 1.807) is 22.9 Å². The second-order valence-corrected chi connectivity index (χ2v) is 7.82. The minimum Gasteiger partial charge on any atom is -0.502 e. The SMILES string of the molecule is COc1cc(-c2c3oc4cc(=O)ccc4c3[nH]c3c2c(=O)[nH]n3C(C)C)cc(OC)c1O. The number of pyridine rings is 1. The highest BCUT2D eigenvalue weighted by Gasteiger charge is 2.24. The van der Waals surface area contributed by atoms with E-state index in [1.165, 1.54) is 26.4 Å². The molecule has 0 radical (unpaired) electrons. The van der Waals surface area contributed by atoms with Crippen LogP contribution >= 0.6 is 0 Å². The Morgan fingerprint density at radius 2 is 1.75 bits per heavy atom. The molecule has 0 saturated carbocycles. The highest BCUT2D eigenvalue weighted by Crippen LogP contribution is 2.44. The Balaban J connectivity index is 2.03. The number of nitrogens with one attached hydrogen (secondary N) is 2. The summed E-state index contributed by atoms with van der Waals surface area (Å²) in [6.07, 6.45) is 0. The maximum absolute atomic E-state index is 13.1. The third-order valence-electron chi connectivity index (χ3n) is 5.59. The molecule has 9 heteroatoms. The van der Waals surface area contributed by atoms with Gasteiger partial charge in [0.05, 0.1) is 25.1 Å². The summed E-state index contributed by atoms with van der Waals surface area (Å²) < 4.78 is 18.5. The number of aromatic nitrogens is 3. The van der Waals surface area contributed by atoms with Crippen molar-refractivity contribution in [3.8, 4) is 28.4 Å². The highest BCUT2D eigenvalue weighted by atomic mass is 16.5. The van der Waals surface area contributed by atoms with E-state index in [2.05, 4.69) is 10.1 Å². The molecule has 5 aromatic rings. The predicted octanol–water partition coefficient (Wildman–Crippen LogP) is 3.89. The normalized spacial score (nSPS) is 11.8. The standard InChI is InChI=1S/C23H21N3O6/c1-10(2)26-22-18(23(29)25-26)17(11-7-15(30-3)20(28)16(8-11)31-4)21-19(24-22)13-6-5-12(27)9-14(13)32-21/h5-10,24,28H,1-4H3,(H,25,29). The molecule has 32 heavy (non-hydrogen) atoms. The van der Waals surface area contributed by atoms with Crippen molar-refractivity contribution in [2.75, 3.05) is 14.2 Å². The van der Waals surface area contributed by atoms with Gasteiger partial charge in [0.2, 0.25) is 5.75 Å². The molecule has 0 aliphatic heterocycles. The van der Waals surface area contributed by atoms with E-state index in [-0.39, 0.29) is 34.3 Å². The van der Waals surface area contributed by atoms with E-state index in [0.29, 0.717) is 44.2 Å². The predicted molar refractivity (Wildman–Crippen MR) is 121 cm³/mol. The van der Waals surface area contributed by atoms with E-state index in [9.17, 15) is 14.7 Å². The van der Waals surface area contributed by atoms with Crippen LogP contribution in [0.4, 0.5) is 0 Å². The number of rotatable bonds is 4. The third-order valence-corrected chi connectivity index (χ3v) is 5.59. The first-order chi connectivity index (χ1) is 15.3. The first-order valence-corrected chi connectivity index (χ1v) is 10.0. The van der Waals surface area contributed by atoms with Crippen molar-refractivity contribution in [3.63, 3.8) is 0 Å². The number of aromatic amines is 2. The summed E-state index contributed by atoms with van der Waals surface area (Å²) in [7, 11) is 2.86. The number of benzene rings is 2. The van der Waals surface area contributed by atoms with Crippen LogP contribution in [0.15, 0.2) is 44.3 Å². The van der Waals surface area contributed by atoms with Crippen molar-refractivity contribution in [1.29, 1.82) is 0 Å². The van der Waals surface area contributed by atoms with Gasteiger partial charge in [0.25, 0.3) is 5.56 Å². The van der Waals surface area contributed by atoms with Gasteiger partial charge in [0.1, 0.15) is 11.2 Å². The Bertz CT molecular complexity index is 1610. The van der Waals surface area contributed by atoms with Crippen LogP contribution in [0.3, 0.4) is 0 Å². The van der Waals surface area contributed by atoms with Crippen LogP contribution in [-0.4, -0.2) is 34.1 Å². The fourth-order valence-electron chi connectivity index (χ4n) is 4.11. The summed E-state index contributed by atoms with van der Waals surface area (Å²) in [4.78, 5) is 28.3. The van der Waals surface area contributed by atoms with Crippen molar-refractivity contribution in [2.45, 2.75) is 19.9 Å². The molecule has 0 aliphatic carbocycles. The van der Waals surface area contributed by atoms with Gasteiger partial charge in [-0.25, -0.2) is 0 Å². The molecule has 3 N–H and O–H groups in total. The lowest BCUT2D eigenvalue weighted by atomic mass is 10.0. The minimum absolute atomic E-state index is 0.0305. The van der Waals surface area contributed by atoms with Crippen molar-refractivity contribution in [1.82, 2.24) is 14.8 Å². The van der Waals surface area contributed by atoms with E-state index in [0.717, 1.165) is 0 Å². The summed E-state index contributed by atoms with van der Waals surface area (Å²) in [6, 6.07) is 7.77. The highest BCUT2D eigenvalue weighted by molar-refractivity contribution is 6.14. The number of fused-ring (bicyclic) bond motifs is 4. The number of ether oxygens (including phenoxy) is 2. The number of phenolic OH excluding ortho intramolecular Hbond substituents is 1. The van der Waals surface area contributed by atoms with E-state index >= 15 is 0 Å². The minimum atomic E-state index is -0.308. The second kappa shape index (κ2) is 6.94. The van der Waals surface area contributed by atoms with Crippen LogP contribution in [0.2, 0.25) is 0 Å². The fraction of sp³-hybridized carbons (Fsp3) is 0.217. The second-order valence-electron chi connectivity index (χ2n) is 7.82. The molecule has 3 heterocycles. The van der Waals surface area contributed by atoms with Crippen molar-refractivity contribution < 1.29 is 19.0 Å². The first-order valence-electron chi connectivity index (χ1n) is 10.0. The number of H-pyrrole nitrogens is 2. The van der Waals surface area contributed by atoms with Crippen LogP contribution in [0, 0.1) is 0 Å². The molecular formula is C23H21N3O6. The maximum Gasteiger partial charge on any atom is 0.274 e. The molecule has 0 atom stereocenters. The molecule has 0 fully saturated rings. The molecule has 9 nitrogen and oxygen atoms in total. The molecular weight excluding hydrogens is 414 g/mol. The zero-order valence-electron chi connectivity index (χ0n) is 17.9. The number of methoxy groups -OCH3 is 2. The number of hydrogen-bond acceptors (Lipinski definition) is 6. The fourth-order valence-corrected chi connectivity index (χ4v) is 4.11. The van der Waals surface area contributed by atoms with Gasteiger partial charge in [0.15, 0.2) is 22.5 Å². The van der Waals surface area contributed by atoms with Crippen molar-refractivity contribution in [3.05, 3.63) is 50.9 Å². The Hall–Kier alpha value is -4.14. The van der Waals surface area contributed by atoms with Crippen molar-refractivity contribution in [2.24, 2.45) is 0 Å². The lowest BCUT2D eigenvalue weighted by molar-refractivity contribution is 0.340. The summed E-state index contributed by atoms with van der Waals surface area (Å²) in [6.45, 7) is 3.91. The molecule has 0 aliphatic rings. The maximum atomic E-state index is 13.1. The van der Waals surface area contributed by atoms with Gasteiger partial charge in [-0.2, -0.15) is 0 Å². The van der Waals surface area contributed by atoms with Crippen LogP contribution in [0.1, 0.15) is 19.9 Å². The summed E-state index contributed by atoms with van der Waals surface area (Å²) in [5.74, 6) is 0.223. The average molecular weight is 435 g/mol. The molecule has 0 spiro atoms. The molecule has 3 aromatic heterocycles. The van der Waals surface area contributed by atoms with E-state index in [1.807, 2.05) is 13.8 Å². The van der Waals surface area contributed by atoms with Gasteiger partial charge in [-0.15, -0.1) is 0 Å². The van der Waals surface area contributed by atoms with Gasteiger partial charge in [0, 0.05) is 23.1 Å². The lowest BCUT2D eigenvalue weighted by Gasteiger charge is -2.13.